The number of likely N-dealkylation sites (N-methyl/N-ethyl adjacent to an activating group) is 1. The van der Waals surface area contributed by atoms with Crippen molar-refractivity contribution >= 4 is 23.4 Å². The maximum Gasteiger partial charge on any atom is 0.257 e. The first-order valence-corrected chi connectivity index (χ1v) is 14.1. The molecule has 1 saturated heterocycles. The summed E-state index contributed by atoms with van der Waals surface area (Å²) in [5, 5.41) is 2.88. The summed E-state index contributed by atoms with van der Waals surface area (Å²) in [6.45, 7) is 6.16. The number of fused-ring (bicyclic) bond motifs is 1. The number of nitrogens with one attached hydrogen (secondary N) is 1. The summed E-state index contributed by atoms with van der Waals surface area (Å²) in [5.41, 5.74) is 1.28. The zero-order chi connectivity index (χ0) is 29.5. The van der Waals surface area contributed by atoms with Crippen LogP contribution in [-0.2, 0) is 14.3 Å². The highest BCUT2D eigenvalue weighted by molar-refractivity contribution is 6.05. The Hall–Kier alpha value is -3.63. The lowest BCUT2D eigenvalue weighted by Crippen LogP contribution is -2.50. The highest BCUT2D eigenvalue weighted by Crippen LogP contribution is 2.28. The van der Waals surface area contributed by atoms with Gasteiger partial charge >= 0.3 is 0 Å². The van der Waals surface area contributed by atoms with E-state index in [2.05, 4.69) is 5.32 Å². The van der Waals surface area contributed by atoms with E-state index in [0.717, 1.165) is 0 Å². The molecule has 10 heteroatoms. The number of hydrogen-bond donors (Lipinski definition) is 1. The highest BCUT2D eigenvalue weighted by atomic mass is 16.5. The second-order valence-corrected chi connectivity index (χ2v) is 10.9. The van der Waals surface area contributed by atoms with Gasteiger partial charge in [-0.05, 0) is 50.1 Å². The van der Waals surface area contributed by atoms with Crippen molar-refractivity contribution in [3.05, 3.63) is 53.6 Å². The Morgan fingerprint density at radius 3 is 2.49 bits per heavy atom. The van der Waals surface area contributed by atoms with Crippen molar-refractivity contribution in [2.75, 3.05) is 59.5 Å². The highest BCUT2D eigenvalue weighted by Gasteiger charge is 2.34. The van der Waals surface area contributed by atoms with E-state index in [1.54, 1.807) is 68.6 Å². The normalized spacial score (nSPS) is 22.6. The standard InChI is InChI=1S/C31H41N3O7/c1-20-17-34(30(36)22-11-13-40-14-12-22)21(2)19-41-27-16-24(32-29(35)23-7-6-8-25(15-23)38-4)9-10-26(27)31(37)33(3)18-28(20)39-5/h6-10,15-16,20-22,28H,11-14,17-19H2,1-5H3,(H,32,35)/t20-,21-,28-/m1/s1. The van der Waals surface area contributed by atoms with Crippen LogP contribution in [0.1, 0.15) is 47.4 Å². The molecule has 222 valence electrons. The molecule has 10 nitrogen and oxygen atoms in total. The molecule has 3 amide bonds. The maximum absolute atomic E-state index is 13.7. The molecular weight excluding hydrogens is 526 g/mol. The fourth-order valence-corrected chi connectivity index (χ4v) is 5.30. The maximum atomic E-state index is 13.7. The van der Waals surface area contributed by atoms with Gasteiger partial charge in [0.2, 0.25) is 5.91 Å². The van der Waals surface area contributed by atoms with Crippen molar-refractivity contribution in [2.45, 2.75) is 38.8 Å². The predicted octanol–water partition coefficient (Wildman–Crippen LogP) is 3.71. The van der Waals surface area contributed by atoms with Gasteiger partial charge in [-0.3, -0.25) is 14.4 Å². The van der Waals surface area contributed by atoms with Crippen LogP contribution in [0, 0.1) is 11.8 Å². The third-order valence-corrected chi connectivity index (χ3v) is 7.89. The molecule has 2 heterocycles. The molecule has 0 saturated carbocycles. The van der Waals surface area contributed by atoms with Crippen molar-refractivity contribution in [1.82, 2.24) is 9.80 Å². The predicted molar refractivity (Wildman–Crippen MR) is 155 cm³/mol. The second kappa shape index (κ2) is 13.8. The van der Waals surface area contributed by atoms with Gasteiger partial charge in [-0.25, -0.2) is 0 Å². The molecule has 3 atom stereocenters. The van der Waals surface area contributed by atoms with Gasteiger partial charge < -0.3 is 34.1 Å². The summed E-state index contributed by atoms with van der Waals surface area (Å²) in [6.07, 6.45) is 1.12. The number of nitrogens with zero attached hydrogens (tertiary/aromatic N) is 2. The molecule has 2 aliphatic rings. The lowest BCUT2D eigenvalue weighted by molar-refractivity contribution is -0.142. The molecule has 0 aliphatic carbocycles. The SMILES string of the molecule is COc1cccc(C(=O)Nc2ccc3c(c2)OC[C@@H](C)N(C(=O)C2CCOCC2)C[C@@H](C)[C@H](OC)CN(C)C3=O)c1. The van der Waals surface area contributed by atoms with Crippen molar-refractivity contribution in [3.63, 3.8) is 0 Å². The van der Waals surface area contributed by atoms with Gasteiger partial charge in [0.15, 0.2) is 0 Å². The number of anilines is 1. The van der Waals surface area contributed by atoms with Gasteiger partial charge in [0, 0.05) is 69.6 Å². The van der Waals surface area contributed by atoms with Crippen LogP contribution in [0.3, 0.4) is 0 Å². The molecule has 0 unspecified atom stereocenters. The molecule has 4 rings (SSSR count). The zero-order valence-corrected chi connectivity index (χ0v) is 24.6. The Labute approximate surface area is 241 Å². The number of carbonyl (C=O) groups excluding carboxylic acids is 3. The number of benzene rings is 2. The largest absolute Gasteiger partial charge is 0.497 e. The van der Waals surface area contributed by atoms with Crippen LogP contribution >= 0.6 is 0 Å². The average molecular weight is 568 g/mol. The fraction of sp³-hybridized carbons (Fsp3) is 0.516. The van der Waals surface area contributed by atoms with Gasteiger partial charge in [-0.1, -0.05) is 13.0 Å². The molecule has 2 aromatic rings. The first-order valence-electron chi connectivity index (χ1n) is 14.1. The summed E-state index contributed by atoms with van der Waals surface area (Å²) < 4.78 is 22.8. The van der Waals surface area contributed by atoms with E-state index in [1.165, 1.54) is 0 Å². The Kier molecular flexibility index (Phi) is 10.2. The van der Waals surface area contributed by atoms with Crippen molar-refractivity contribution in [2.24, 2.45) is 11.8 Å². The monoisotopic (exact) mass is 567 g/mol. The number of ether oxygens (including phenoxy) is 4. The van der Waals surface area contributed by atoms with Crippen LogP contribution < -0.4 is 14.8 Å². The van der Waals surface area contributed by atoms with E-state index in [9.17, 15) is 14.4 Å². The van der Waals surface area contributed by atoms with Crippen molar-refractivity contribution in [3.8, 4) is 11.5 Å². The van der Waals surface area contributed by atoms with Crippen LogP contribution in [0.25, 0.3) is 0 Å². The molecule has 0 spiro atoms. The number of rotatable bonds is 5. The molecule has 1 N–H and O–H groups in total. The zero-order valence-electron chi connectivity index (χ0n) is 24.6. The molecule has 2 aromatic carbocycles. The summed E-state index contributed by atoms with van der Waals surface area (Å²) in [6, 6.07) is 11.6. The van der Waals surface area contributed by atoms with Gasteiger partial charge in [0.1, 0.15) is 18.1 Å². The van der Waals surface area contributed by atoms with Gasteiger partial charge in [0.05, 0.1) is 24.8 Å². The van der Waals surface area contributed by atoms with Gasteiger partial charge in [-0.15, -0.1) is 0 Å². The third kappa shape index (κ3) is 7.37. The van der Waals surface area contributed by atoms with E-state index < -0.39 is 0 Å². The minimum Gasteiger partial charge on any atom is -0.497 e. The van der Waals surface area contributed by atoms with E-state index >= 15 is 0 Å². The minimum absolute atomic E-state index is 0.0189. The lowest BCUT2D eigenvalue weighted by Gasteiger charge is -2.38. The Morgan fingerprint density at radius 2 is 1.78 bits per heavy atom. The topological polar surface area (TPSA) is 107 Å². The summed E-state index contributed by atoms with van der Waals surface area (Å²) in [5.74, 6) is 0.342. The van der Waals surface area contributed by atoms with Crippen LogP contribution in [0.4, 0.5) is 5.69 Å². The van der Waals surface area contributed by atoms with E-state index in [-0.39, 0.29) is 48.3 Å². The number of carbonyl (C=O) groups is 3. The first kappa shape index (κ1) is 30.3. The van der Waals surface area contributed by atoms with E-state index in [1.807, 2.05) is 18.7 Å². The fourth-order valence-electron chi connectivity index (χ4n) is 5.30. The van der Waals surface area contributed by atoms with Crippen LogP contribution in [0.15, 0.2) is 42.5 Å². The van der Waals surface area contributed by atoms with Gasteiger partial charge in [-0.2, -0.15) is 0 Å². The van der Waals surface area contributed by atoms with Crippen molar-refractivity contribution in [1.29, 1.82) is 0 Å². The quantitative estimate of drug-likeness (QED) is 0.587. The Bertz CT molecular complexity index is 1230. The molecule has 1 fully saturated rings. The minimum atomic E-state index is -0.320. The molecule has 0 radical (unpaired) electrons. The number of methoxy groups -OCH3 is 2. The van der Waals surface area contributed by atoms with Crippen LogP contribution in [-0.4, -0.2) is 93.8 Å². The lowest BCUT2D eigenvalue weighted by atomic mass is 9.95. The molecule has 41 heavy (non-hydrogen) atoms. The van der Waals surface area contributed by atoms with E-state index in [4.69, 9.17) is 18.9 Å². The molecule has 2 aliphatic heterocycles. The molecular formula is C31H41N3O7. The average Bonchev–Trinajstić information content (AvgIpc) is 3.00. The van der Waals surface area contributed by atoms with Crippen LogP contribution in [0.5, 0.6) is 11.5 Å². The Morgan fingerprint density at radius 1 is 1.02 bits per heavy atom. The first-order chi connectivity index (χ1) is 19.7. The smallest absolute Gasteiger partial charge is 0.257 e. The third-order valence-electron chi connectivity index (χ3n) is 7.89. The second-order valence-electron chi connectivity index (χ2n) is 10.9. The summed E-state index contributed by atoms with van der Waals surface area (Å²) in [7, 11) is 4.90. The summed E-state index contributed by atoms with van der Waals surface area (Å²) >= 11 is 0. The Balaban J connectivity index is 1.62. The molecule has 0 aromatic heterocycles. The van der Waals surface area contributed by atoms with Gasteiger partial charge in [0.25, 0.3) is 11.8 Å². The van der Waals surface area contributed by atoms with Crippen LogP contribution in [0.2, 0.25) is 0 Å². The number of hydrogen-bond acceptors (Lipinski definition) is 7. The van der Waals surface area contributed by atoms with E-state index in [0.29, 0.717) is 67.5 Å². The molecule has 0 bridgehead atoms. The van der Waals surface area contributed by atoms with Crippen molar-refractivity contribution < 1.29 is 33.3 Å². The summed E-state index contributed by atoms with van der Waals surface area (Å²) in [4.78, 5) is 43.7. The number of amides is 3.